The number of sulfonamides is 1. The fourth-order valence-corrected chi connectivity index (χ4v) is 3.81. The van der Waals surface area contributed by atoms with Gasteiger partial charge in [-0.2, -0.15) is 4.31 Å². The van der Waals surface area contributed by atoms with Gasteiger partial charge < -0.3 is 10.6 Å². The predicted molar refractivity (Wildman–Crippen MR) is 96.6 cm³/mol. The molecule has 1 atom stereocenters. The molecule has 1 unspecified atom stereocenters. The maximum Gasteiger partial charge on any atom is 0.243 e. The number of benzene rings is 1. The second-order valence-corrected chi connectivity index (χ2v) is 8.12. The van der Waals surface area contributed by atoms with Crippen molar-refractivity contribution in [3.8, 4) is 0 Å². The lowest BCUT2D eigenvalue weighted by Crippen LogP contribution is -2.40. The first-order valence-electron chi connectivity index (χ1n) is 7.90. The van der Waals surface area contributed by atoms with Crippen molar-refractivity contribution < 1.29 is 13.2 Å². The monoisotopic (exact) mass is 375 g/mol. The van der Waals surface area contributed by atoms with Gasteiger partial charge >= 0.3 is 0 Å². The van der Waals surface area contributed by atoms with Gasteiger partial charge in [0.05, 0.1) is 10.9 Å². The smallest absolute Gasteiger partial charge is 0.243 e. The van der Waals surface area contributed by atoms with E-state index in [1.807, 2.05) is 13.8 Å². The van der Waals surface area contributed by atoms with Crippen LogP contribution in [0, 0.1) is 0 Å². The highest BCUT2D eigenvalue weighted by Gasteiger charge is 2.23. The normalized spacial score (nSPS) is 17.8. The SMILES string of the molecule is CC(C)N(C)S(=O)(=O)c1ccc(CNC(=O)C2CCCN2)cc1.Cl. The average Bonchev–Trinajstić information content (AvgIpc) is 3.06. The molecule has 2 rings (SSSR count). The number of halogens is 1. The van der Waals surface area contributed by atoms with Gasteiger partial charge in [-0.25, -0.2) is 8.42 Å². The molecule has 1 fully saturated rings. The zero-order valence-electron chi connectivity index (χ0n) is 14.3. The van der Waals surface area contributed by atoms with E-state index < -0.39 is 10.0 Å². The minimum atomic E-state index is -3.46. The van der Waals surface area contributed by atoms with Gasteiger partial charge in [-0.05, 0) is 50.9 Å². The highest BCUT2D eigenvalue weighted by Crippen LogP contribution is 2.17. The van der Waals surface area contributed by atoms with E-state index in [-0.39, 0.29) is 35.3 Å². The Morgan fingerprint density at radius 1 is 1.33 bits per heavy atom. The number of amides is 1. The third kappa shape index (κ3) is 4.92. The molecule has 0 radical (unpaired) electrons. The Kier molecular flexibility index (Phi) is 7.66. The largest absolute Gasteiger partial charge is 0.351 e. The molecule has 0 spiro atoms. The van der Waals surface area contributed by atoms with Gasteiger partial charge in [0.15, 0.2) is 0 Å². The molecule has 1 saturated heterocycles. The predicted octanol–water partition coefficient (Wildman–Crippen LogP) is 1.51. The Labute approximate surface area is 150 Å². The van der Waals surface area contributed by atoms with Crippen LogP contribution in [0.1, 0.15) is 32.3 Å². The Bertz CT molecular complexity index is 641. The highest BCUT2D eigenvalue weighted by molar-refractivity contribution is 7.89. The van der Waals surface area contributed by atoms with Crippen LogP contribution in [0.15, 0.2) is 29.2 Å². The van der Waals surface area contributed by atoms with Crippen LogP contribution in [-0.4, -0.2) is 44.3 Å². The molecular formula is C16H26ClN3O3S. The second-order valence-electron chi connectivity index (χ2n) is 6.13. The standard InChI is InChI=1S/C16H25N3O3S.ClH/c1-12(2)19(3)23(21,22)14-8-6-13(7-9-14)11-18-16(20)15-5-4-10-17-15;/h6-9,12,15,17H,4-5,10-11H2,1-3H3,(H,18,20);1H. The van der Waals surface area contributed by atoms with E-state index in [1.54, 1.807) is 31.3 Å². The lowest BCUT2D eigenvalue weighted by atomic mass is 10.2. The lowest BCUT2D eigenvalue weighted by molar-refractivity contribution is -0.122. The molecule has 8 heteroatoms. The summed E-state index contributed by atoms with van der Waals surface area (Å²) in [4.78, 5) is 12.2. The van der Waals surface area contributed by atoms with Gasteiger partial charge in [-0.1, -0.05) is 12.1 Å². The minimum Gasteiger partial charge on any atom is -0.351 e. The molecule has 0 aromatic heterocycles. The topological polar surface area (TPSA) is 78.5 Å². The molecule has 1 amide bonds. The average molecular weight is 376 g/mol. The summed E-state index contributed by atoms with van der Waals surface area (Å²) in [6, 6.07) is 6.45. The van der Waals surface area contributed by atoms with Crippen LogP contribution in [0.4, 0.5) is 0 Å². The first-order chi connectivity index (χ1) is 10.8. The van der Waals surface area contributed by atoms with Crippen LogP contribution in [-0.2, 0) is 21.4 Å². The summed E-state index contributed by atoms with van der Waals surface area (Å²) in [6.07, 6.45) is 1.89. The van der Waals surface area contributed by atoms with Crippen molar-refractivity contribution in [3.05, 3.63) is 29.8 Å². The van der Waals surface area contributed by atoms with Crippen molar-refractivity contribution >= 4 is 28.3 Å². The molecular weight excluding hydrogens is 350 g/mol. The van der Waals surface area contributed by atoms with E-state index in [9.17, 15) is 13.2 Å². The molecule has 0 bridgehead atoms. The molecule has 6 nitrogen and oxygen atoms in total. The van der Waals surface area contributed by atoms with E-state index in [0.717, 1.165) is 24.9 Å². The van der Waals surface area contributed by atoms with Crippen LogP contribution in [0.3, 0.4) is 0 Å². The van der Waals surface area contributed by atoms with Crippen molar-refractivity contribution in [1.29, 1.82) is 0 Å². The van der Waals surface area contributed by atoms with Crippen LogP contribution >= 0.6 is 12.4 Å². The quantitative estimate of drug-likeness (QED) is 0.789. The molecule has 1 aliphatic rings. The third-order valence-corrected chi connectivity index (χ3v) is 6.22. The van der Waals surface area contributed by atoms with Gasteiger partial charge in [-0.3, -0.25) is 4.79 Å². The second kappa shape index (κ2) is 8.80. The molecule has 0 aliphatic carbocycles. The van der Waals surface area contributed by atoms with Gasteiger partial charge in [-0.15, -0.1) is 12.4 Å². The van der Waals surface area contributed by atoms with Gasteiger partial charge in [0.1, 0.15) is 0 Å². The number of carbonyl (C=O) groups is 1. The Morgan fingerprint density at radius 2 is 1.96 bits per heavy atom. The number of carbonyl (C=O) groups excluding carboxylic acids is 1. The lowest BCUT2D eigenvalue weighted by Gasteiger charge is -2.21. The van der Waals surface area contributed by atoms with Crippen molar-refractivity contribution in [1.82, 2.24) is 14.9 Å². The first kappa shape index (κ1) is 20.9. The minimum absolute atomic E-state index is 0. The van der Waals surface area contributed by atoms with Gasteiger partial charge in [0.25, 0.3) is 0 Å². The van der Waals surface area contributed by atoms with Crippen LogP contribution in [0.25, 0.3) is 0 Å². The molecule has 24 heavy (non-hydrogen) atoms. The summed E-state index contributed by atoms with van der Waals surface area (Å²) < 4.78 is 26.1. The molecule has 0 saturated carbocycles. The fourth-order valence-electron chi connectivity index (χ4n) is 2.44. The first-order valence-corrected chi connectivity index (χ1v) is 9.34. The summed E-state index contributed by atoms with van der Waals surface area (Å²) in [6.45, 7) is 4.95. The number of hydrogen-bond donors (Lipinski definition) is 2. The van der Waals surface area contributed by atoms with Gasteiger partial charge in [0.2, 0.25) is 15.9 Å². The van der Waals surface area contributed by atoms with E-state index in [2.05, 4.69) is 10.6 Å². The zero-order valence-corrected chi connectivity index (χ0v) is 15.9. The van der Waals surface area contributed by atoms with Crippen LogP contribution in [0.5, 0.6) is 0 Å². The summed E-state index contributed by atoms with van der Waals surface area (Å²) in [5.74, 6) is -0.00117. The number of hydrogen-bond acceptors (Lipinski definition) is 4. The van der Waals surface area contributed by atoms with E-state index in [4.69, 9.17) is 0 Å². The molecule has 1 aromatic rings. The number of nitrogens with one attached hydrogen (secondary N) is 2. The summed E-state index contributed by atoms with van der Waals surface area (Å²) in [7, 11) is -1.89. The third-order valence-electron chi connectivity index (χ3n) is 4.17. The van der Waals surface area contributed by atoms with Gasteiger partial charge in [0, 0.05) is 19.6 Å². The number of nitrogens with zero attached hydrogens (tertiary/aromatic N) is 1. The summed E-state index contributed by atoms with van der Waals surface area (Å²) in [5.41, 5.74) is 0.877. The highest BCUT2D eigenvalue weighted by atomic mass is 35.5. The Morgan fingerprint density at radius 3 is 2.46 bits per heavy atom. The van der Waals surface area contributed by atoms with E-state index >= 15 is 0 Å². The van der Waals surface area contributed by atoms with E-state index in [0.29, 0.717) is 6.54 Å². The fraction of sp³-hybridized carbons (Fsp3) is 0.562. The Hall–Kier alpha value is -1.15. The molecule has 1 heterocycles. The summed E-state index contributed by atoms with van der Waals surface area (Å²) >= 11 is 0. The number of rotatable bonds is 6. The molecule has 1 aliphatic heterocycles. The summed E-state index contributed by atoms with van der Waals surface area (Å²) in [5, 5.41) is 6.03. The Balaban J connectivity index is 0.00000288. The zero-order chi connectivity index (χ0) is 17.0. The maximum atomic E-state index is 12.4. The van der Waals surface area contributed by atoms with Crippen molar-refractivity contribution in [2.45, 2.75) is 50.2 Å². The van der Waals surface area contributed by atoms with Crippen molar-refractivity contribution in [2.24, 2.45) is 0 Å². The van der Waals surface area contributed by atoms with Crippen molar-refractivity contribution in [2.75, 3.05) is 13.6 Å². The van der Waals surface area contributed by atoms with Crippen LogP contribution in [0.2, 0.25) is 0 Å². The molecule has 136 valence electrons. The molecule has 1 aromatic carbocycles. The van der Waals surface area contributed by atoms with E-state index in [1.165, 1.54) is 4.31 Å². The van der Waals surface area contributed by atoms with Crippen LogP contribution < -0.4 is 10.6 Å². The van der Waals surface area contributed by atoms with Crippen molar-refractivity contribution in [3.63, 3.8) is 0 Å². The maximum absolute atomic E-state index is 12.4. The molecule has 2 N–H and O–H groups in total.